The van der Waals surface area contributed by atoms with Gasteiger partial charge >= 0.3 is 5.97 Å². The minimum atomic E-state index is -1.16. The van der Waals surface area contributed by atoms with Crippen molar-refractivity contribution in [1.29, 1.82) is 0 Å². The molecule has 0 radical (unpaired) electrons. The van der Waals surface area contributed by atoms with Crippen molar-refractivity contribution >= 4 is 5.97 Å². The fourth-order valence-corrected chi connectivity index (χ4v) is 12.0. The Hall–Kier alpha value is -1.15. The summed E-state index contributed by atoms with van der Waals surface area (Å²) in [6.45, 7) is 12.8. The number of carbonyl (C=O) groups is 1. The zero-order valence-electron chi connectivity index (χ0n) is 26.7. The van der Waals surface area contributed by atoms with Gasteiger partial charge in [0.2, 0.25) is 0 Å². The van der Waals surface area contributed by atoms with Crippen molar-refractivity contribution in [2.24, 2.45) is 39.4 Å². The van der Waals surface area contributed by atoms with Crippen LogP contribution in [-0.4, -0.2) is 59.1 Å². The molecule has 0 aromatic rings. The predicted molar refractivity (Wildman–Crippen MR) is 157 cm³/mol. The minimum Gasteiger partial charge on any atom is -0.491 e. The molecule has 0 aromatic heterocycles. The van der Waals surface area contributed by atoms with Gasteiger partial charge in [-0.25, -0.2) is 0 Å². The standard InChI is InChI=1S/C35H54O7/c1-20(36)40-30(32(4,5)38)25-9-7-23-26(41-25)18-24-22-8-10-27-31(2,3)28(42-29-17-21(37)12-16-39-29)11-13-35(27)19-34(22,35)15-14-33(23,24)6/h21-22,24-25,27-30,37-38H,7-19H2,1-6H3/t21?,22?,24?,25?,27?,28?,29?,30?,33?,34?,35-/m1/s1. The molecule has 7 aliphatic rings. The monoisotopic (exact) mass is 586 g/mol. The molecule has 7 rings (SSSR count). The lowest BCUT2D eigenvalue weighted by molar-refractivity contribution is -0.247. The number of esters is 1. The first-order valence-corrected chi connectivity index (χ1v) is 17.0. The quantitative estimate of drug-likeness (QED) is 0.299. The number of rotatable bonds is 5. The second kappa shape index (κ2) is 9.67. The predicted octanol–water partition coefficient (Wildman–Crippen LogP) is 6.05. The molecule has 42 heavy (non-hydrogen) atoms. The van der Waals surface area contributed by atoms with Gasteiger partial charge in [-0.15, -0.1) is 0 Å². The Balaban J connectivity index is 1.08. The summed E-state index contributed by atoms with van der Waals surface area (Å²) in [4.78, 5) is 11.9. The van der Waals surface area contributed by atoms with Crippen LogP contribution >= 0.6 is 0 Å². The lowest BCUT2D eigenvalue weighted by atomic mass is 9.46. The third-order valence-electron chi connectivity index (χ3n) is 13.9. The van der Waals surface area contributed by atoms with E-state index in [1.54, 1.807) is 13.8 Å². The van der Waals surface area contributed by atoms with Gasteiger partial charge in [-0.2, -0.15) is 0 Å². The molecule has 0 aromatic carbocycles. The number of ether oxygens (including phenoxy) is 4. The molecule has 2 spiro atoms. The number of aliphatic hydroxyl groups is 2. The number of hydrogen-bond acceptors (Lipinski definition) is 7. The van der Waals surface area contributed by atoms with Gasteiger partial charge < -0.3 is 29.2 Å². The van der Waals surface area contributed by atoms with Crippen LogP contribution in [-0.2, 0) is 23.7 Å². The third-order valence-corrected chi connectivity index (χ3v) is 13.9. The molecular formula is C35H54O7. The number of hydrogen-bond donors (Lipinski definition) is 2. The highest BCUT2D eigenvalue weighted by Gasteiger charge is 2.80. The summed E-state index contributed by atoms with van der Waals surface area (Å²) in [7, 11) is 0. The van der Waals surface area contributed by atoms with Crippen molar-refractivity contribution in [3.8, 4) is 0 Å². The maximum Gasteiger partial charge on any atom is 0.303 e. The van der Waals surface area contributed by atoms with E-state index in [1.807, 2.05) is 0 Å². The van der Waals surface area contributed by atoms with E-state index >= 15 is 0 Å². The van der Waals surface area contributed by atoms with Crippen LogP contribution in [0.3, 0.4) is 0 Å². The van der Waals surface area contributed by atoms with Crippen LogP contribution in [0.15, 0.2) is 11.3 Å². The van der Waals surface area contributed by atoms with Gasteiger partial charge in [0.15, 0.2) is 12.4 Å². The number of carbonyl (C=O) groups excluding carboxylic acids is 1. The number of fused-ring (bicyclic) bond motifs is 3. The molecule has 0 amide bonds. The van der Waals surface area contributed by atoms with Gasteiger partial charge in [-0.1, -0.05) is 20.8 Å². The van der Waals surface area contributed by atoms with Crippen LogP contribution in [0.1, 0.15) is 119 Å². The maximum absolute atomic E-state index is 11.9. The molecule has 2 heterocycles. The third kappa shape index (κ3) is 4.22. The molecular weight excluding hydrogens is 532 g/mol. The van der Waals surface area contributed by atoms with Crippen LogP contribution in [0.4, 0.5) is 0 Å². The molecule has 11 atom stereocenters. The molecule has 5 aliphatic carbocycles. The molecule has 7 nitrogen and oxygen atoms in total. The summed E-state index contributed by atoms with van der Waals surface area (Å²) in [6.07, 6.45) is 11.5. The summed E-state index contributed by atoms with van der Waals surface area (Å²) >= 11 is 0. The number of allylic oxidation sites excluding steroid dienone is 2. The van der Waals surface area contributed by atoms with Crippen LogP contribution < -0.4 is 0 Å². The Morgan fingerprint density at radius 2 is 1.81 bits per heavy atom. The first-order chi connectivity index (χ1) is 19.7. The fraction of sp³-hybridized carbons (Fsp3) is 0.914. The zero-order valence-corrected chi connectivity index (χ0v) is 26.7. The smallest absolute Gasteiger partial charge is 0.303 e. The summed E-state index contributed by atoms with van der Waals surface area (Å²) in [5.41, 5.74) is 1.51. The van der Waals surface area contributed by atoms with Crippen molar-refractivity contribution in [3.05, 3.63) is 11.3 Å². The van der Waals surface area contributed by atoms with E-state index in [9.17, 15) is 15.0 Å². The second-order valence-electron chi connectivity index (χ2n) is 16.7. The second-order valence-corrected chi connectivity index (χ2v) is 16.7. The zero-order chi connectivity index (χ0) is 29.9. The molecule has 2 N–H and O–H groups in total. The van der Waals surface area contributed by atoms with Crippen LogP contribution in [0.25, 0.3) is 0 Å². The Morgan fingerprint density at radius 1 is 1.02 bits per heavy atom. The fourth-order valence-electron chi connectivity index (χ4n) is 12.0. The summed E-state index contributed by atoms with van der Waals surface area (Å²) in [5, 5.41) is 21.0. The van der Waals surface area contributed by atoms with E-state index in [0.29, 0.717) is 42.1 Å². The molecule has 2 aliphatic heterocycles. The van der Waals surface area contributed by atoms with E-state index < -0.39 is 11.7 Å². The molecule has 236 valence electrons. The van der Waals surface area contributed by atoms with Crippen molar-refractivity contribution < 1.29 is 34.0 Å². The molecule has 4 saturated carbocycles. The van der Waals surface area contributed by atoms with E-state index in [1.165, 1.54) is 51.0 Å². The van der Waals surface area contributed by atoms with Crippen molar-refractivity contribution in [3.63, 3.8) is 0 Å². The molecule has 5 fully saturated rings. The highest BCUT2D eigenvalue weighted by atomic mass is 16.7. The average molecular weight is 587 g/mol. The first kappa shape index (κ1) is 29.6. The highest BCUT2D eigenvalue weighted by molar-refractivity contribution is 5.66. The molecule has 7 heteroatoms. The van der Waals surface area contributed by atoms with Crippen molar-refractivity contribution in [1.82, 2.24) is 0 Å². The summed E-state index contributed by atoms with van der Waals surface area (Å²) in [5.74, 6) is 2.77. The van der Waals surface area contributed by atoms with Crippen LogP contribution in [0, 0.1) is 39.4 Å². The molecule has 10 unspecified atom stereocenters. The van der Waals surface area contributed by atoms with E-state index in [2.05, 4.69) is 20.8 Å². The van der Waals surface area contributed by atoms with Crippen molar-refractivity contribution in [2.75, 3.05) is 6.61 Å². The topological polar surface area (TPSA) is 94.5 Å². The van der Waals surface area contributed by atoms with Gasteiger partial charge in [-0.3, -0.25) is 4.79 Å². The average Bonchev–Trinajstić information content (AvgIpc) is 3.48. The molecule has 1 saturated heterocycles. The number of aliphatic hydroxyl groups excluding tert-OH is 1. The van der Waals surface area contributed by atoms with Crippen LogP contribution in [0.5, 0.6) is 0 Å². The van der Waals surface area contributed by atoms with Gasteiger partial charge in [0.1, 0.15) is 6.10 Å². The summed E-state index contributed by atoms with van der Waals surface area (Å²) < 4.78 is 24.9. The SMILES string of the molecule is CC(=O)OC(C1CCC2=C(CC3C4CCC5C(C)(C)C(OC6CC(O)CCO6)CC[C@@]56CC46CCC23C)O1)C(C)(C)O. The first-order valence-electron chi connectivity index (χ1n) is 17.0. The lowest BCUT2D eigenvalue weighted by Gasteiger charge is -2.59. The van der Waals surface area contributed by atoms with Crippen molar-refractivity contribution in [2.45, 2.75) is 155 Å². The van der Waals surface area contributed by atoms with Gasteiger partial charge in [0.25, 0.3) is 0 Å². The largest absolute Gasteiger partial charge is 0.491 e. The van der Waals surface area contributed by atoms with Gasteiger partial charge in [0, 0.05) is 19.8 Å². The Labute approximate surface area is 252 Å². The van der Waals surface area contributed by atoms with Crippen LogP contribution in [0.2, 0.25) is 0 Å². The highest BCUT2D eigenvalue weighted by Crippen LogP contribution is 2.87. The van der Waals surface area contributed by atoms with E-state index in [-0.39, 0.29) is 41.4 Å². The summed E-state index contributed by atoms with van der Waals surface area (Å²) in [6, 6.07) is 0. The Kier molecular flexibility index (Phi) is 6.81. The van der Waals surface area contributed by atoms with Gasteiger partial charge in [0.05, 0.1) is 30.2 Å². The lowest BCUT2D eigenvalue weighted by Crippen LogP contribution is -2.55. The normalized spacial score (nSPS) is 48.0. The Morgan fingerprint density at radius 3 is 2.52 bits per heavy atom. The Bertz CT molecular complexity index is 1140. The maximum atomic E-state index is 11.9. The molecule has 0 bridgehead atoms. The van der Waals surface area contributed by atoms with E-state index in [0.717, 1.165) is 37.4 Å². The van der Waals surface area contributed by atoms with Gasteiger partial charge in [-0.05, 0) is 123 Å². The minimum absolute atomic E-state index is 0.0888. The van der Waals surface area contributed by atoms with E-state index in [4.69, 9.17) is 18.9 Å².